The van der Waals surface area contributed by atoms with E-state index in [-0.39, 0.29) is 0 Å². The Morgan fingerprint density at radius 2 is 0.969 bits per heavy atom. The molecular weight excluding hydrogens is 471 g/mol. The van der Waals surface area contributed by atoms with Crippen molar-refractivity contribution in [3.63, 3.8) is 0 Å². The molecule has 1 aliphatic rings. The first-order chi connectivity index (χ1) is 15.4. The molecule has 32 heavy (non-hydrogen) atoms. The summed E-state index contributed by atoms with van der Waals surface area (Å²) in [7, 11) is 0. The van der Waals surface area contributed by atoms with E-state index >= 15 is 0 Å². The summed E-state index contributed by atoms with van der Waals surface area (Å²) >= 11 is 5.03. The molecule has 0 aromatic carbocycles. The fourth-order valence-corrected chi connectivity index (χ4v) is 20.2. The molecule has 0 bridgehead atoms. The molecule has 1 saturated heterocycles. The van der Waals surface area contributed by atoms with Crippen LogP contribution >= 0.6 is 20.8 Å². The average molecular weight is 534 g/mol. The van der Waals surface area contributed by atoms with Crippen LogP contribution < -0.4 is 0 Å². The summed E-state index contributed by atoms with van der Waals surface area (Å²) in [5.74, 6) is 0. The van der Waals surface area contributed by atoms with Crippen LogP contribution in [-0.2, 0) is 0 Å². The van der Waals surface area contributed by atoms with Crippen molar-refractivity contribution in [2.24, 2.45) is 5.41 Å². The van der Waals surface area contributed by atoms with Gasteiger partial charge in [-0.05, 0) is 0 Å². The molecule has 0 spiro atoms. The molecule has 1 fully saturated rings. The standard InChI is InChI=1S/C30H62BrP/c1-7-13-21-29(22-14-8-2)23-19-20-28-32(31,26-17-11-5,27-18-12-6)30(29,24-15-9-3)25-16-10-4/h7-28H2,1-6H3. The van der Waals surface area contributed by atoms with Crippen molar-refractivity contribution in [3.05, 3.63) is 0 Å². The second kappa shape index (κ2) is 15.1. The third-order valence-electron chi connectivity index (χ3n) is 9.59. The Morgan fingerprint density at radius 1 is 0.562 bits per heavy atom. The summed E-state index contributed by atoms with van der Waals surface area (Å²) in [6, 6.07) is 0. The molecule has 0 saturated carbocycles. The Hall–Kier alpha value is 0.910. The predicted molar refractivity (Wildman–Crippen MR) is 157 cm³/mol. The Bertz CT molecular complexity index is 461. The van der Waals surface area contributed by atoms with Crippen molar-refractivity contribution in [2.45, 2.75) is 169 Å². The first kappa shape index (κ1) is 30.9. The number of hydrogen-bond donors (Lipinski definition) is 0. The second-order valence-electron chi connectivity index (χ2n) is 11.6. The molecule has 0 aromatic heterocycles. The molecular formula is C30H62BrP. The van der Waals surface area contributed by atoms with Gasteiger partial charge in [0.2, 0.25) is 0 Å². The molecule has 1 heterocycles. The van der Waals surface area contributed by atoms with E-state index in [9.17, 15) is 0 Å². The number of unbranched alkanes of at least 4 members (excludes halogenated alkanes) is 6. The van der Waals surface area contributed by atoms with E-state index in [0.29, 0.717) is 10.6 Å². The first-order valence-electron chi connectivity index (χ1n) is 15.1. The SMILES string of the molecule is CCCCC1(CCCC)CCCCP(Br)(CCCC)(CCCC)C1(CCCC)CCCC. The molecule has 0 unspecified atom stereocenters. The molecule has 0 radical (unpaired) electrons. The van der Waals surface area contributed by atoms with Gasteiger partial charge in [0, 0.05) is 0 Å². The van der Waals surface area contributed by atoms with Gasteiger partial charge in [-0.3, -0.25) is 0 Å². The van der Waals surface area contributed by atoms with Gasteiger partial charge in [-0.1, -0.05) is 0 Å². The minimum atomic E-state index is -2.07. The third kappa shape index (κ3) is 6.77. The van der Waals surface area contributed by atoms with E-state index in [1.54, 1.807) is 6.16 Å². The average Bonchev–Trinajstić information content (AvgIpc) is 2.90. The van der Waals surface area contributed by atoms with Crippen molar-refractivity contribution < 1.29 is 0 Å². The molecule has 0 nitrogen and oxygen atoms in total. The number of rotatable bonds is 18. The van der Waals surface area contributed by atoms with Crippen LogP contribution in [0.2, 0.25) is 0 Å². The van der Waals surface area contributed by atoms with Gasteiger partial charge >= 0.3 is 213 Å². The maximum absolute atomic E-state index is 5.03. The predicted octanol–water partition coefficient (Wildman–Crippen LogP) is 12.1. The van der Waals surface area contributed by atoms with Crippen LogP contribution in [-0.4, -0.2) is 23.6 Å². The summed E-state index contributed by atoms with van der Waals surface area (Å²) < 4.78 is 0. The van der Waals surface area contributed by atoms with Crippen LogP contribution in [0.1, 0.15) is 164 Å². The monoisotopic (exact) mass is 532 g/mol. The zero-order chi connectivity index (χ0) is 24.0. The van der Waals surface area contributed by atoms with Crippen LogP contribution in [0.5, 0.6) is 0 Å². The Labute approximate surface area is 212 Å². The van der Waals surface area contributed by atoms with Gasteiger partial charge in [0.25, 0.3) is 0 Å². The van der Waals surface area contributed by atoms with Crippen LogP contribution in [0.4, 0.5) is 0 Å². The molecule has 194 valence electrons. The molecule has 1 rings (SSSR count). The van der Waals surface area contributed by atoms with Crippen molar-refractivity contribution in [3.8, 4) is 0 Å². The number of halogens is 1. The van der Waals surface area contributed by atoms with Crippen molar-refractivity contribution in [1.29, 1.82) is 0 Å². The van der Waals surface area contributed by atoms with Crippen LogP contribution in [0.3, 0.4) is 0 Å². The normalized spacial score (nSPS) is 22.7. The van der Waals surface area contributed by atoms with E-state index in [0.717, 1.165) is 0 Å². The van der Waals surface area contributed by atoms with E-state index in [2.05, 4.69) is 41.5 Å². The zero-order valence-corrected chi connectivity index (χ0v) is 25.9. The van der Waals surface area contributed by atoms with Gasteiger partial charge in [0.15, 0.2) is 0 Å². The maximum atomic E-state index is 5.03. The molecule has 0 aromatic rings. The van der Waals surface area contributed by atoms with Crippen molar-refractivity contribution in [2.75, 3.05) is 18.5 Å². The molecule has 0 atom stereocenters. The van der Waals surface area contributed by atoms with Crippen LogP contribution in [0, 0.1) is 5.41 Å². The summed E-state index contributed by atoms with van der Waals surface area (Å²) in [6.45, 7) is 14.7. The van der Waals surface area contributed by atoms with Crippen LogP contribution in [0.25, 0.3) is 0 Å². The van der Waals surface area contributed by atoms with Gasteiger partial charge in [-0.2, -0.15) is 0 Å². The number of hydrogen-bond acceptors (Lipinski definition) is 0. The van der Waals surface area contributed by atoms with Gasteiger partial charge in [-0.25, -0.2) is 0 Å². The third-order valence-corrected chi connectivity index (χ3v) is 21.9. The molecule has 0 amide bonds. The van der Waals surface area contributed by atoms with E-state index in [1.165, 1.54) is 134 Å². The quantitative estimate of drug-likeness (QED) is 0.154. The summed E-state index contributed by atoms with van der Waals surface area (Å²) in [5, 5.41) is -1.49. The zero-order valence-electron chi connectivity index (χ0n) is 23.4. The molecule has 0 aliphatic carbocycles. The fraction of sp³-hybridized carbons (Fsp3) is 1.00. The molecule has 0 N–H and O–H groups in total. The van der Waals surface area contributed by atoms with Gasteiger partial charge in [0.1, 0.15) is 0 Å². The van der Waals surface area contributed by atoms with E-state index < -0.39 is 5.31 Å². The minimum absolute atomic E-state index is 0.579. The van der Waals surface area contributed by atoms with E-state index in [1.807, 2.05) is 0 Å². The van der Waals surface area contributed by atoms with Crippen molar-refractivity contribution >= 4 is 20.8 Å². The van der Waals surface area contributed by atoms with Gasteiger partial charge in [-0.15, -0.1) is 0 Å². The Balaban J connectivity index is 3.88. The van der Waals surface area contributed by atoms with Crippen LogP contribution in [0.15, 0.2) is 0 Å². The molecule has 2 heteroatoms. The van der Waals surface area contributed by atoms with E-state index in [4.69, 9.17) is 15.5 Å². The van der Waals surface area contributed by atoms with Crippen molar-refractivity contribution in [1.82, 2.24) is 0 Å². The molecule has 1 aliphatic heterocycles. The summed E-state index contributed by atoms with van der Waals surface area (Å²) in [6.07, 6.45) is 32.1. The van der Waals surface area contributed by atoms with Gasteiger partial charge < -0.3 is 0 Å². The Kier molecular flexibility index (Phi) is 14.6. The topological polar surface area (TPSA) is 0 Å². The van der Waals surface area contributed by atoms with Gasteiger partial charge in [0.05, 0.1) is 0 Å². The fourth-order valence-electron chi connectivity index (χ4n) is 7.80. The summed E-state index contributed by atoms with van der Waals surface area (Å²) in [5.41, 5.74) is 0.586. The Morgan fingerprint density at radius 3 is 1.38 bits per heavy atom. The summed E-state index contributed by atoms with van der Waals surface area (Å²) in [4.78, 5) is 0. The first-order valence-corrected chi connectivity index (χ1v) is 19.9. The second-order valence-corrected chi connectivity index (χ2v) is 22.6.